The molecular formula is C15H10BrClFNO2. The minimum atomic E-state index is -0.454. The Bertz CT molecular complexity index is 887. The van der Waals surface area contributed by atoms with E-state index in [0.717, 1.165) is 16.6 Å². The Balaban J connectivity index is 2.06. The number of oxazole rings is 1. The third-order valence-corrected chi connectivity index (χ3v) is 4.69. The summed E-state index contributed by atoms with van der Waals surface area (Å²) in [6, 6.07) is 10.0. The van der Waals surface area contributed by atoms with Gasteiger partial charge < -0.3 is 4.42 Å². The van der Waals surface area contributed by atoms with E-state index in [4.69, 9.17) is 16.0 Å². The Labute approximate surface area is 133 Å². The molecule has 0 aliphatic carbocycles. The number of alkyl halides is 1. The topological polar surface area (TPSA) is 35.1 Å². The number of nitrogens with zero attached hydrogens (tertiary/aromatic N) is 1. The van der Waals surface area contributed by atoms with E-state index in [-0.39, 0.29) is 9.85 Å². The second-order valence-electron chi connectivity index (χ2n) is 4.69. The maximum absolute atomic E-state index is 13.2. The van der Waals surface area contributed by atoms with Crippen LogP contribution in [0.2, 0.25) is 5.02 Å². The van der Waals surface area contributed by atoms with Crippen LogP contribution in [0.15, 0.2) is 45.6 Å². The van der Waals surface area contributed by atoms with E-state index in [9.17, 15) is 9.18 Å². The molecule has 0 spiro atoms. The maximum Gasteiger partial charge on any atom is 0.419 e. The second-order valence-corrected chi connectivity index (χ2v) is 6.01. The quantitative estimate of drug-likeness (QED) is 0.626. The number of hydrogen-bond donors (Lipinski definition) is 0. The van der Waals surface area contributed by atoms with Crippen molar-refractivity contribution in [2.45, 2.75) is 4.83 Å². The molecule has 1 atom stereocenters. The summed E-state index contributed by atoms with van der Waals surface area (Å²) in [6.45, 7) is 0. The van der Waals surface area contributed by atoms with E-state index in [0.29, 0.717) is 5.58 Å². The van der Waals surface area contributed by atoms with Gasteiger partial charge >= 0.3 is 5.76 Å². The van der Waals surface area contributed by atoms with E-state index in [1.807, 2.05) is 12.1 Å². The van der Waals surface area contributed by atoms with Crippen molar-refractivity contribution in [3.63, 3.8) is 0 Å². The van der Waals surface area contributed by atoms with Gasteiger partial charge in [0.2, 0.25) is 0 Å². The van der Waals surface area contributed by atoms with Gasteiger partial charge in [0.15, 0.2) is 5.58 Å². The molecule has 0 saturated heterocycles. The third-order valence-electron chi connectivity index (χ3n) is 3.35. The number of benzene rings is 2. The average Bonchev–Trinajstić information content (AvgIpc) is 2.76. The van der Waals surface area contributed by atoms with Crippen LogP contribution in [-0.2, 0) is 7.05 Å². The fourth-order valence-electron chi connectivity index (χ4n) is 2.17. The van der Waals surface area contributed by atoms with Gasteiger partial charge in [-0.05, 0) is 35.4 Å². The number of fused-ring (bicyclic) bond motifs is 1. The van der Waals surface area contributed by atoms with Crippen molar-refractivity contribution in [1.29, 1.82) is 0 Å². The standard InChI is InChI=1S/C15H10BrClFNO2/c1-19-12-5-3-9(7-13(12)21-15(19)20)14(16)8-2-4-11(18)10(17)6-8/h2-7,14H,1H3. The van der Waals surface area contributed by atoms with Crippen LogP contribution in [0.5, 0.6) is 0 Å². The molecule has 0 aliphatic rings. The zero-order valence-electron chi connectivity index (χ0n) is 10.9. The molecule has 6 heteroatoms. The molecule has 0 N–H and O–H groups in total. The molecule has 2 aromatic carbocycles. The molecule has 0 amide bonds. The SMILES string of the molecule is Cn1c(=O)oc2cc(C(Br)c3ccc(F)c(Cl)c3)ccc21. The molecule has 1 unspecified atom stereocenters. The van der Waals surface area contributed by atoms with Crippen molar-refractivity contribution >= 4 is 38.6 Å². The Morgan fingerprint density at radius 3 is 2.62 bits per heavy atom. The molecule has 3 aromatic rings. The highest BCUT2D eigenvalue weighted by Crippen LogP contribution is 2.34. The van der Waals surface area contributed by atoms with Gasteiger partial charge in [-0.15, -0.1) is 0 Å². The highest BCUT2D eigenvalue weighted by molar-refractivity contribution is 9.09. The molecule has 108 valence electrons. The van der Waals surface area contributed by atoms with Gasteiger partial charge in [0.1, 0.15) is 5.82 Å². The third kappa shape index (κ3) is 2.51. The van der Waals surface area contributed by atoms with E-state index >= 15 is 0 Å². The Morgan fingerprint density at radius 2 is 1.90 bits per heavy atom. The highest BCUT2D eigenvalue weighted by Gasteiger charge is 2.15. The first-order valence-corrected chi connectivity index (χ1v) is 7.45. The zero-order chi connectivity index (χ0) is 15.1. The van der Waals surface area contributed by atoms with Crippen LogP contribution in [0.25, 0.3) is 11.1 Å². The van der Waals surface area contributed by atoms with Crippen LogP contribution in [0, 0.1) is 5.82 Å². The second kappa shape index (κ2) is 5.31. The lowest BCUT2D eigenvalue weighted by atomic mass is 10.0. The highest BCUT2D eigenvalue weighted by atomic mass is 79.9. The molecule has 21 heavy (non-hydrogen) atoms. The fraction of sp³-hybridized carbons (Fsp3) is 0.133. The lowest BCUT2D eigenvalue weighted by molar-refractivity contribution is 0.528. The summed E-state index contributed by atoms with van der Waals surface area (Å²) in [6.07, 6.45) is 0. The normalized spacial score (nSPS) is 12.8. The first kappa shape index (κ1) is 14.4. The molecule has 0 radical (unpaired) electrons. The number of aromatic nitrogens is 1. The average molecular weight is 371 g/mol. The summed E-state index contributed by atoms with van der Waals surface area (Å²) < 4.78 is 19.8. The molecule has 3 rings (SSSR count). The van der Waals surface area contributed by atoms with E-state index in [1.165, 1.54) is 10.6 Å². The van der Waals surface area contributed by atoms with Gasteiger partial charge in [-0.2, -0.15) is 0 Å². The fourth-order valence-corrected chi connectivity index (χ4v) is 2.93. The van der Waals surface area contributed by atoms with Crippen molar-refractivity contribution in [2.24, 2.45) is 7.05 Å². The zero-order valence-corrected chi connectivity index (χ0v) is 13.3. The lowest BCUT2D eigenvalue weighted by Crippen LogP contribution is -2.08. The van der Waals surface area contributed by atoms with Gasteiger partial charge in [0.25, 0.3) is 0 Å². The number of halogens is 3. The van der Waals surface area contributed by atoms with Crippen molar-refractivity contribution in [2.75, 3.05) is 0 Å². The van der Waals surface area contributed by atoms with Gasteiger partial charge in [-0.25, -0.2) is 9.18 Å². The van der Waals surface area contributed by atoms with Gasteiger partial charge in [-0.1, -0.05) is 39.7 Å². The Hall–Kier alpha value is -1.59. The van der Waals surface area contributed by atoms with Crippen LogP contribution in [0.1, 0.15) is 16.0 Å². The maximum atomic E-state index is 13.2. The molecule has 3 nitrogen and oxygen atoms in total. The summed E-state index contributed by atoms with van der Waals surface area (Å²) in [5.41, 5.74) is 2.94. The Kier molecular flexibility index (Phi) is 3.63. The molecule has 1 heterocycles. The van der Waals surface area contributed by atoms with Gasteiger partial charge in [-0.3, -0.25) is 4.57 Å². The molecule has 0 fully saturated rings. The monoisotopic (exact) mass is 369 g/mol. The number of aryl methyl sites for hydroxylation is 1. The van der Waals surface area contributed by atoms with Crippen molar-refractivity contribution in [3.05, 3.63) is 68.9 Å². The smallest absolute Gasteiger partial charge is 0.408 e. The Morgan fingerprint density at radius 1 is 1.24 bits per heavy atom. The molecular weight excluding hydrogens is 361 g/mol. The van der Waals surface area contributed by atoms with Crippen LogP contribution >= 0.6 is 27.5 Å². The number of hydrogen-bond acceptors (Lipinski definition) is 2. The first-order chi connectivity index (χ1) is 9.97. The molecule has 0 aliphatic heterocycles. The van der Waals surface area contributed by atoms with Crippen molar-refractivity contribution in [1.82, 2.24) is 4.57 Å². The van der Waals surface area contributed by atoms with Crippen molar-refractivity contribution < 1.29 is 8.81 Å². The van der Waals surface area contributed by atoms with Crippen LogP contribution in [0.4, 0.5) is 4.39 Å². The van der Waals surface area contributed by atoms with E-state index < -0.39 is 11.6 Å². The summed E-state index contributed by atoms with van der Waals surface area (Å²) in [7, 11) is 1.65. The molecule has 0 bridgehead atoms. The van der Waals surface area contributed by atoms with Crippen LogP contribution < -0.4 is 5.76 Å². The van der Waals surface area contributed by atoms with Gasteiger partial charge in [0, 0.05) is 7.05 Å². The molecule has 1 aromatic heterocycles. The summed E-state index contributed by atoms with van der Waals surface area (Å²) in [4.78, 5) is 11.3. The lowest BCUT2D eigenvalue weighted by Gasteiger charge is -2.11. The number of rotatable bonds is 2. The molecule has 0 saturated carbocycles. The summed E-state index contributed by atoms with van der Waals surface area (Å²) in [5.74, 6) is -0.859. The predicted molar refractivity (Wildman–Crippen MR) is 83.6 cm³/mol. The largest absolute Gasteiger partial charge is 0.419 e. The minimum absolute atomic E-state index is 0.0734. The summed E-state index contributed by atoms with van der Waals surface area (Å²) >= 11 is 9.36. The first-order valence-electron chi connectivity index (χ1n) is 6.16. The summed E-state index contributed by atoms with van der Waals surface area (Å²) in [5, 5.41) is 0.0734. The van der Waals surface area contributed by atoms with E-state index in [2.05, 4.69) is 15.9 Å². The van der Waals surface area contributed by atoms with E-state index in [1.54, 1.807) is 25.2 Å². The predicted octanol–water partition coefficient (Wildman–Crippen LogP) is 4.41. The van der Waals surface area contributed by atoms with Crippen molar-refractivity contribution in [3.8, 4) is 0 Å². The minimum Gasteiger partial charge on any atom is -0.408 e. The van der Waals surface area contributed by atoms with Crippen LogP contribution in [-0.4, -0.2) is 4.57 Å². The van der Waals surface area contributed by atoms with Crippen LogP contribution in [0.3, 0.4) is 0 Å². The van der Waals surface area contributed by atoms with Gasteiger partial charge in [0.05, 0.1) is 15.4 Å².